The highest BCUT2D eigenvalue weighted by molar-refractivity contribution is 6.32. The standard InChI is InChI=1S/C28H29Cl2NO6/c1-33-24-9-8-19(15-20(24)29)23(32)10-11-31-22-16-25(34-2)21(30)14-18(22)7-6-17-12-26(35-3)28(37-5)27(13-17)36-4/h6-9,12-16,31H,10-11H2,1-5H3/b7-6-. The van der Waals surface area contributed by atoms with Crippen molar-refractivity contribution in [2.45, 2.75) is 6.42 Å². The lowest BCUT2D eigenvalue weighted by atomic mass is 10.1. The molecule has 0 aliphatic heterocycles. The van der Waals surface area contributed by atoms with E-state index >= 15 is 0 Å². The minimum atomic E-state index is -0.0486. The molecule has 3 aromatic carbocycles. The van der Waals surface area contributed by atoms with Gasteiger partial charge in [0.25, 0.3) is 0 Å². The van der Waals surface area contributed by atoms with Crippen molar-refractivity contribution in [2.75, 3.05) is 47.4 Å². The monoisotopic (exact) mass is 545 g/mol. The summed E-state index contributed by atoms with van der Waals surface area (Å²) < 4.78 is 26.8. The van der Waals surface area contributed by atoms with E-state index in [-0.39, 0.29) is 12.2 Å². The van der Waals surface area contributed by atoms with Crippen molar-refractivity contribution in [3.63, 3.8) is 0 Å². The summed E-state index contributed by atoms with van der Waals surface area (Å²) in [5, 5.41) is 4.17. The molecule has 0 aliphatic carbocycles. The molecule has 0 spiro atoms. The van der Waals surface area contributed by atoms with Crippen molar-refractivity contribution in [3.8, 4) is 28.7 Å². The average molecular weight is 546 g/mol. The number of anilines is 1. The number of nitrogens with one attached hydrogen (secondary N) is 1. The summed E-state index contributed by atoms with van der Waals surface area (Å²) in [4.78, 5) is 12.7. The van der Waals surface area contributed by atoms with E-state index in [1.54, 1.807) is 58.8 Å². The number of halogens is 2. The van der Waals surface area contributed by atoms with Gasteiger partial charge in [-0.05, 0) is 47.5 Å². The fourth-order valence-corrected chi connectivity index (χ4v) is 4.20. The van der Waals surface area contributed by atoms with Gasteiger partial charge in [0.05, 0.1) is 45.6 Å². The molecular formula is C28H29Cl2NO6. The Balaban J connectivity index is 1.82. The predicted molar refractivity (Wildman–Crippen MR) is 148 cm³/mol. The molecule has 0 heterocycles. The molecule has 0 bridgehead atoms. The number of hydrogen-bond acceptors (Lipinski definition) is 7. The molecule has 0 aromatic heterocycles. The van der Waals surface area contributed by atoms with E-state index < -0.39 is 0 Å². The van der Waals surface area contributed by atoms with Gasteiger partial charge in [-0.2, -0.15) is 0 Å². The largest absolute Gasteiger partial charge is 0.495 e. The number of carbonyl (C=O) groups is 1. The number of hydrogen-bond donors (Lipinski definition) is 1. The van der Waals surface area contributed by atoms with Crippen LogP contribution in [0.15, 0.2) is 42.5 Å². The van der Waals surface area contributed by atoms with Crippen LogP contribution in [0.1, 0.15) is 27.9 Å². The van der Waals surface area contributed by atoms with Gasteiger partial charge >= 0.3 is 0 Å². The number of benzene rings is 3. The Morgan fingerprint density at radius 1 is 0.757 bits per heavy atom. The zero-order valence-electron chi connectivity index (χ0n) is 21.3. The Kier molecular flexibility index (Phi) is 9.94. The summed E-state index contributed by atoms with van der Waals surface area (Å²) in [6, 6.07) is 12.3. The third kappa shape index (κ3) is 6.81. The van der Waals surface area contributed by atoms with Gasteiger partial charge in [-0.15, -0.1) is 0 Å². The number of ketones is 1. The predicted octanol–water partition coefficient (Wildman–Crippen LogP) is 6.89. The highest BCUT2D eigenvalue weighted by Gasteiger charge is 2.14. The molecule has 37 heavy (non-hydrogen) atoms. The van der Waals surface area contributed by atoms with Gasteiger partial charge in [-0.25, -0.2) is 0 Å². The Hall–Kier alpha value is -3.55. The summed E-state index contributed by atoms with van der Waals surface area (Å²) in [5.41, 5.74) is 2.91. The Morgan fingerprint density at radius 2 is 1.38 bits per heavy atom. The first-order chi connectivity index (χ1) is 17.8. The molecular weight excluding hydrogens is 517 g/mol. The Morgan fingerprint density at radius 3 is 1.95 bits per heavy atom. The smallest absolute Gasteiger partial charge is 0.203 e. The van der Waals surface area contributed by atoms with Crippen molar-refractivity contribution < 1.29 is 28.5 Å². The maximum atomic E-state index is 12.7. The van der Waals surface area contributed by atoms with Gasteiger partial charge in [-0.3, -0.25) is 4.79 Å². The molecule has 1 N–H and O–H groups in total. The first kappa shape index (κ1) is 28.0. The fraction of sp³-hybridized carbons (Fsp3) is 0.250. The van der Waals surface area contributed by atoms with E-state index in [0.29, 0.717) is 50.9 Å². The molecule has 0 atom stereocenters. The molecule has 0 saturated heterocycles. The van der Waals surface area contributed by atoms with Crippen LogP contribution in [-0.2, 0) is 0 Å². The van der Waals surface area contributed by atoms with Crippen LogP contribution in [0.2, 0.25) is 10.0 Å². The maximum absolute atomic E-state index is 12.7. The minimum Gasteiger partial charge on any atom is -0.495 e. The number of carbonyl (C=O) groups excluding carboxylic acids is 1. The van der Waals surface area contributed by atoms with Crippen molar-refractivity contribution >= 4 is 46.8 Å². The molecule has 0 fully saturated rings. The average Bonchev–Trinajstić information content (AvgIpc) is 2.91. The second-order valence-corrected chi connectivity index (χ2v) is 8.63. The molecule has 9 heteroatoms. The summed E-state index contributed by atoms with van der Waals surface area (Å²) >= 11 is 12.6. The normalized spacial score (nSPS) is 10.8. The highest BCUT2D eigenvalue weighted by atomic mass is 35.5. The molecule has 3 rings (SSSR count). The third-order valence-electron chi connectivity index (χ3n) is 5.61. The van der Waals surface area contributed by atoms with E-state index in [2.05, 4.69) is 5.32 Å². The lowest BCUT2D eigenvalue weighted by Gasteiger charge is -2.14. The SMILES string of the molecule is COc1ccc(C(=O)CCNc2cc(OC)c(Cl)cc2/C=C\c2cc(OC)c(OC)c(OC)c2)cc1Cl. The number of methoxy groups -OCH3 is 5. The summed E-state index contributed by atoms with van der Waals surface area (Å²) in [6.45, 7) is 0.387. The van der Waals surface area contributed by atoms with Crippen LogP contribution in [-0.4, -0.2) is 47.9 Å². The number of ether oxygens (including phenoxy) is 5. The van der Waals surface area contributed by atoms with Gasteiger partial charge in [0.2, 0.25) is 5.75 Å². The zero-order valence-corrected chi connectivity index (χ0v) is 22.8. The quantitative estimate of drug-likeness (QED) is 0.196. The van der Waals surface area contributed by atoms with Crippen LogP contribution in [0.3, 0.4) is 0 Å². The zero-order chi connectivity index (χ0) is 26.9. The number of rotatable bonds is 12. The molecule has 0 unspecified atom stereocenters. The lowest BCUT2D eigenvalue weighted by Crippen LogP contribution is -2.10. The van der Waals surface area contributed by atoms with Crippen LogP contribution >= 0.6 is 23.2 Å². The Bertz CT molecular complexity index is 1270. The van der Waals surface area contributed by atoms with Gasteiger partial charge < -0.3 is 29.0 Å². The second-order valence-electron chi connectivity index (χ2n) is 7.82. The topological polar surface area (TPSA) is 75.3 Å². The third-order valence-corrected chi connectivity index (χ3v) is 6.20. The van der Waals surface area contributed by atoms with E-state index in [4.69, 9.17) is 46.9 Å². The molecule has 0 radical (unpaired) electrons. The second kappa shape index (κ2) is 13.1. The first-order valence-corrected chi connectivity index (χ1v) is 12.1. The van der Waals surface area contributed by atoms with Crippen LogP contribution in [0, 0.1) is 0 Å². The number of Topliss-reactive ketones (excluding diaryl/α,β-unsaturated/α-hetero) is 1. The summed E-state index contributed by atoms with van der Waals surface area (Å²) in [6.07, 6.45) is 4.06. The molecule has 7 nitrogen and oxygen atoms in total. The molecule has 196 valence electrons. The summed E-state index contributed by atoms with van der Waals surface area (Å²) in [7, 11) is 7.77. The van der Waals surface area contributed by atoms with Crippen molar-refractivity contribution in [1.29, 1.82) is 0 Å². The molecule has 0 saturated carbocycles. The van der Waals surface area contributed by atoms with Gasteiger partial charge in [-0.1, -0.05) is 35.4 Å². The lowest BCUT2D eigenvalue weighted by molar-refractivity contribution is 0.0986. The molecule has 3 aromatic rings. The van der Waals surface area contributed by atoms with Crippen LogP contribution < -0.4 is 29.0 Å². The van der Waals surface area contributed by atoms with E-state index in [1.807, 2.05) is 24.3 Å². The summed E-state index contributed by atoms with van der Waals surface area (Å²) in [5.74, 6) is 2.59. The highest BCUT2D eigenvalue weighted by Crippen LogP contribution is 2.39. The minimum absolute atomic E-state index is 0.0486. The van der Waals surface area contributed by atoms with Gasteiger partial charge in [0.15, 0.2) is 17.3 Å². The van der Waals surface area contributed by atoms with Crippen molar-refractivity contribution in [2.24, 2.45) is 0 Å². The molecule has 0 amide bonds. The van der Waals surface area contributed by atoms with Crippen LogP contribution in [0.25, 0.3) is 12.2 Å². The van der Waals surface area contributed by atoms with Crippen molar-refractivity contribution in [3.05, 3.63) is 69.2 Å². The fourth-order valence-electron chi connectivity index (χ4n) is 3.69. The maximum Gasteiger partial charge on any atom is 0.203 e. The van der Waals surface area contributed by atoms with Crippen molar-refractivity contribution in [1.82, 2.24) is 0 Å². The Labute approximate surface area is 226 Å². The van der Waals surface area contributed by atoms with E-state index in [1.165, 1.54) is 7.11 Å². The van der Waals surface area contributed by atoms with Crippen LogP contribution in [0.5, 0.6) is 28.7 Å². The van der Waals surface area contributed by atoms with E-state index in [9.17, 15) is 4.79 Å². The first-order valence-electron chi connectivity index (χ1n) is 11.3. The van der Waals surface area contributed by atoms with Gasteiger partial charge in [0, 0.05) is 30.3 Å². The molecule has 0 aliphatic rings. The van der Waals surface area contributed by atoms with Gasteiger partial charge in [0.1, 0.15) is 11.5 Å². The van der Waals surface area contributed by atoms with E-state index in [0.717, 1.165) is 16.8 Å². The van der Waals surface area contributed by atoms with Crippen LogP contribution in [0.4, 0.5) is 5.69 Å².